The Bertz CT molecular complexity index is 799. The van der Waals surface area contributed by atoms with Gasteiger partial charge in [-0.2, -0.15) is 0 Å². The van der Waals surface area contributed by atoms with Crippen LogP contribution < -0.4 is 9.47 Å². The van der Waals surface area contributed by atoms with E-state index in [9.17, 15) is 0 Å². The summed E-state index contributed by atoms with van der Waals surface area (Å²) < 4.78 is 19.2. The molecule has 0 spiro atoms. The van der Waals surface area contributed by atoms with Crippen molar-refractivity contribution in [3.63, 3.8) is 0 Å². The van der Waals surface area contributed by atoms with Gasteiger partial charge in [0.2, 0.25) is 0 Å². The lowest BCUT2D eigenvalue weighted by Crippen LogP contribution is -2.22. The molecule has 158 valence electrons. The van der Waals surface area contributed by atoms with Crippen molar-refractivity contribution >= 4 is 11.8 Å². The Balaban J connectivity index is 1.63. The molecule has 1 unspecified atom stereocenters. The summed E-state index contributed by atoms with van der Waals surface area (Å²) in [7, 11) is 3.32. The normalized spacial score (nSPS) is 20.6. The lowest BCUT2D eigenvalue weighted by atomic mass is 9.95. The van der Waals surface area contributed by atoms with Crippen molar-refractivity contribution in [1.29, 1.82) is 0 Å². The summed E-state index contributed by atoms with van der Waals surface area (Å²) in [6.07, 6.45) is 10.1. The first kappa shape index (κ1) is 20.5. The van der Waals surface area contributed by atoms with Crippen LogP contribution in [0.4, 0.5) is 0 Å². The van der Waals surface area contributed by atoms with Crippen molar-refractivity contribution in [2.45, 2.75) is 68.7 Å². The number of hydrogen-bond acceptors (Lipinski definition) is 6. The second-order valence-corrected chi connectivity index (χ2v) is 8.82. The van der Waals surface area contributed by atoms with Gasteiger partial charge in [0.1, 0.15) is 0 Å². The maximum atomic E-state index is 5.92. The van der Waals surface area contributed by atoms with E-state index in [1.165, 1.54) is 44.9 Å². The Kier molecular flexibility index (Phi) is 6.98. The number of thioether (sulfide) groups is 1. The number of rotatable bonds is 7. The minimum Gasteiger partial charge on any atom is -0.493 e. The zero-order valence-electron chi connectivity index (χ0n) is 17.4. The van der Waals surface area contributed by atoms with Gasteiger partial charge in [0.05, 0.1) is 20.3 Å². The molecule has 2 heterocycles. The largest absolute Gasteiger partial charge is 0.493 e. The Hall–Kier alpha value is -1.73. The molecule has 0 radical (unpaired) electrons. The minimum absolute atomic E-state index is 0.329. The molecule has 1 aromatic heterocycles. The van der Waals surface area contributed by atoms with Crippen LogP contribution in [0, 0.1) is 0 Å². The first-order valence-electron chi connectivity index (χ1n) is 10.7. The summed E-state index contributed by atoms with van der Waals surface area (Å²) >= 11 is 1.79. The Morgan fingerprint density at radius 3 is 2.52 bits per heavy atom. The molecule has 1 saturated heterocycles. The van der Waals surface area contributed by atoms with Crippen LogP contribution in [0.1, 0.15) is 57.4 Å². The van der Waals surface area contributed by atoms with E-state index in [4.69, 9.17) is 14.2 Å². The van der Waals surface area contributed by atoms with Crippen LogP contribution in [0.15, 0.2) is 23.4 Å². The van der Waals surface area contributed by atoms with Crippen LogP contribution in [0.2, 0.25) is 0 Å². The number of aromatic nitrogens is 3. The van der Waals surface area contributed by atoms with Gasteiger partial charge in [0.15, 0.2) is 22.5 Å². The molecule has 0 N–H and O–H groups in total. The van der Waals surface area contributed by atoms with Gasteiger partial charge in [-0.15, -0.1) is 10.2 Å². The fourth-order valence-electron chi connectivity index (χ4n) is 4.32. The third kappa shape index (κ3) is 4.72. The number of nitrogens with zero attached hydrogens (tertiary/aromatic N) is 3. The van der Waals surface area contributed by atoms with Crippen molar-refractivity contribution < 1.29 is 14.2 Å². The van der Waals surface area contributed by atoms with Crippen LogP contribution in [-0.2, 0) is 4.74 Å². The van der Waals surface area contributed by atoms with Gasteiger partial charge < -0.3 is 14.2 Å². The van der Waals surface area contributed by atoms with Crippen LogP contribution in [0.3, 0.4) is 0 Å². The highest BCUT2D eigenvalue weighted by molar-refractivity contribution is 7.99. The zero-order chi connectivity index (χ0) is 20.1. The van der Waals surface area contributed by atoms with Crippen LogP contribution >= 0.6 is 11.8 Å². The Labute approximate surface area is 177 Å². The average Bonchev–Trinajstić information content (AvgIpc) is 3.22. The molecule has 1 aromatic carbocycles. The van der Waals surface area contributed by atoms with E-state index in [1.54, 1.807) is 26.0 Å². The summed E-state index contributed by atoms with van der Waals surface area (Å²) in [4.78, 5) is 0. The van der Waals surface area contributed by atoms with Gasteiger partial charge in [-0.1, -0.05) is 31.0 Å². The van der Waals surface area contributed by atoms with Gasteiger partial charge >= 0.3 is 0 Å². The number of ether oxygens (including phenoxy) is 3. The molecule has 7 heteroatoms. The van der Waals surface area contributed by atoms with Crippen LogP contribution in [-0.4, -0.2) is 47.4 Å². The summed E-state index contributed by atoms with van der Waals surface area (Å²) in [6, 6.07) is 6.44. The maximum absolute atomic E-state index is 5.92. The molecular formula is C22H31N3O3S. The lowest BCUT2D eigenvalue weighted by Gasteiger charge is -2.26. The Morgan fingerprint density at radius 2 is 1.79 bits per heavy atom. The SMILES string of the molecule is COc1ccc(-c2nnc(SCC3CCCCO3)n2C2CCCCC2)cc1OC. The molecule has 2 aliphatic rings. The predicted molar refractivity (Wildman–Crippen MR) is 115 cm³/mol. The predicted octanol–water partition coefficient (Wildman–Crippen LogP) is 5.13. The van der Waals surface area contributed by atoms with Crippen molar-refractivity contribution in [1.82, 2.24) is 14.8 Å². The molecule has 1 saturated carbocycles. The molecular weight excluding hydrogens is 386 g/mol. The monoisotopic (exact) mass is 417 g/mol. The molecule has 29 heavy (non-hydrogen) atoms. The molecule has 2 aromatic rings. The second kappa shape index (κ2) is 9.85. The zero-order valence-corrected chi connectivity index (χ0v) is 18.2. The lowest BCUT2D eigenvalue weighted by molar-refractivity contribution is 0.0315. The topological polar surface area (TPSA) is 58.4 Å². The summed E-state index contributed by atoms with van der Waals surface area (Å²) in [5.41, 5.74) is 1.02. The van der Waals surface area contributed by atoms with Crippen molar-refractivity contribution in [3.05, 3.63) is 18.2 Å². The molecule has 4 rings (SSSR count). The molecule has 1 atom stereocenters. The average molecular weight is 418 g/mol. The summed E-state index contributed by atoms with van der Waals surface area (Å²) in [5, 5.41) is 10.2. The van der Waals surface area contributed by atoms with Crippen LogP contribution in [0.5, 0.6) is 11.5 Å². The summed E-state index contributed by atoms with van der Waals surface area (Å²) in [6.45, 7) is 0.886. The van der Waals surface area contributed by atoms with Crippen LogP contribution in [0.25, 0.3) is 11.4 Å². The van der Waals surface area contributed by atoms with E-state index in [0.717, 1.165) is 41.1 Å². The second-order valence-electron chi connectivity index (χ2n) is 7.84. The third-order valence-electron chi connectivity index (χ3n) is 5.92. The fourth-order valence-corrected chi connectivity index (χ4v) is 5.39. The molecule has 1 aliphatic heterocycles. The number of methoxy groups -OCH3 is 2. The first-order valence-corrected chi connectivity index (χ1v) is 11.7. The van der Waals surface area contributed by atoms with Gasteiger partial charge in [-0.25, -0.2) is 0 Å². The Morgan fingerprint density at radius 1 is 1.00 bits per heavy atom. The molecule has 0 amide bonds. The van der Waals surface area contributed by atoms with E-state index < -0.39 is 0 Å². The van der Waals surface area contributed by atoms with E-state index >= 15 is 0 Å². The molecule has 1 aliphatic carbocycles. The van der Waals surface area contributed by atoms with Gasteiger partial charge in [-0.05, 0) is 50.3 Å². The van der Waals surface area contributed by atoms with E-state index in [-0.39, 0.29) is 0 Å². The smallest absolute Gasteiger partial charge is 0.191 e. The number of benzene rings is 1. The minimum atomic E-state index is 0.329. The highest BCUT2D eigenvalue weighted by Crippen LogP contribution is 2.38. The third-order valence-corrected chi connectivity index (χ3v) is 6.99. The highest BCUT2D eigenvalue weighted by Gasteiger charge is 2.25. The fraction of sp³-hybridized carbons (Fsp3) is 0.636. The highest BCUT2D eigenvalue weighted by atomic mass is 32.2. The molecule has 6 nitrogen and oxygen atoms in total. The van der Waals surface area contributed by atoms with Gasteiger partial charge in [0, 0.05) is 24.0 Å². The summed E-state index contributed by atoms with van der Waals surface area (Å²) in [5.74, 6) is 3.30. The van der Waals surface area contributed by atoms with E-state index in [0.29, 0.717) is 17.9 Å². The maximum Gasteiger partial charge on any atom is 0.191 e. The number of hydrogen-bond donors (Lipinski definition) is 0. The molecule has 2 fully saturated rings. The van der Waals surface area contributed by atoms with Crippen molar-refractivity contribution in [3.8, 4) is 22.9 Å². The molecule has 0 bridgehead atoms. The standard InChI is InChI=1S/C22H31N3O3S/c1-26-19-12-11-16(14-20(19)27-2)21-23-24-22(25(21)17-8-4-3-5-9-17)29-15-18-10-6-7-13-28-18/h11-12,14,17-18H,3-10,13,15H2,1-2H3. The van der Waals surface area contributed by atoms with Gasteiger partial charge in [-0.3, -0.25) is 4.57 Å². The quantitative estimate of drug-likeness (QED) is 0.582. The van der Waals surface area contributed by atoms with Crippen molar-refractivity contribution in [2.75, 3.05) is 26.6 Å². The van der Waals surface area contributed by atoms with E-state index in [2.05, 4.69) is 14.8 Å². The van der Waals surface area contributed by atoms with E-state index in [1.807, 2.05) is 18.2 Å². The van der Waals surface area contributed by atoms with Crippen molar-refractivity contribution in [2.24, 2.45) is 0 Å². The van der Waals surface area contributed by atoms with Gasteiger partial charge in [0.25, 0.3) is 0 Å². The first-order chi connectivity index (χ1) is 14.3.